The van der Waals surface area contributed by atoms with Crippen LogP contribution in [-0.2, 0) is 14.8 Å². The highest BCUT2D eigenvalue weighted by Gasteiger charge is 2.15. The van der Waals surface area contributed by atoms with Crippen LogP contribution in [0.2, 0.25) is 0 Å². The Hall–Kier alpha value is -3.10. The van der Waals surface area contributed by atoms with E-state index in [1.807, 2.05) is 24.3 Å². The number of para-hydroxylation sites is 1. The number of nitrogens with one attached hydrogen (secondary N) is 2. The third-order valence-corrected chi connectivity index (χ3v) is 5.60. The minimum atomic E-state index is -3.76. The predicted octanol–water partition coefficient (Wildman–Crippen LogP) is 2.74. The Morgan fingerprint density at radius 1 is 1.00 bits per heavy atom. The van der Waals surface area contributed by atoms with Gasteiger partial charge < -0.3 is 5.32 Å². The number of hydrogen-bond acceptors (Lipinski definition) is 5. The standard InChI is InChI=1S/C20H19N3O4S/c1-14(24)15-7-9-17(10-8-15)28(26,27)22-13-11-19(25)23-18-6-2-4-16-5-3-12-21-20(16)18/h2-10,12,22H,11,13H2,1H3,(H,23,25). The van der Waals surface area contributed by atoms with Gasteiger partial charge in [-0.1, -0.05) is 30.3 Å². The molecule has 28 heavy (non-hydrogen) atoms. The number of nitrogens with zero attached hydrogens (tertiary/aromatic N) is 1. The summed E-state index contributed by atoms with van der Waals surface area (Å²) >= 11 is 0. The molecule has 0 radical (unpaired) electrons. The number of hydrogen-bond donors (Lipinski definition) is 2. The van der Waals surface area contributed by atoms with Crippen LogP contribution in [0.15, 0.2) is 65.7 Å². The lowest BCUT2D eigenvalue weighted by molar-refractivity contribution is -0.116. The molecule has 0 saturated heterocycles. The Balaban J connectivity index is 1.59. The fourth-order valence-electron chi connectivity index (χ4n) is 2.67. The van der Waals surface area contributed by atoms with Crippen LogP contribution < -0.4 is 10.0 Å². The Labute approximate surface area is 162 Å². The zero-order chi connectivity index (χ0) is 20.1. The van der Waals surface area contributed by atoms with Gasteiger partial charge in [-0.05, 0) is 31.2 Å². The first-order valence-electron chi connectivity index (χ1n) is 8.61. The van der Waals surface area contributed by atoms with Crippen molar-refractivity contribution in [2.24, 2.45) is 0 Å². The van der Waals surface area contributed by atoms with Crippen molar-refractivity contribution in [3.05, 3.63) is 66.4 Å². The number of carbonyl (C=O) groups is 2. The van der Waals surface area contributed by atoms with Crippen molar-refractivity contribution in [3.8, 4) is 0 Å². The molecule has 0 fully saturated rings. The summed E-state index contributed by atoms with van der Waals surface area (Å²) in [6.07, 6.45) is 1.61. The van der Waals surface area contributed by atoms with Gasteiger partial charge in [-0.15, -0.1) is 0 Å². The molecule has 0 aliphatic heterocycles. The third-order valence-electron chi connectivity index (χ3n) is 4.12. The molecule has 8 heteroatoms. The van der Waals surface area contributed by atoms with Crippen LogP contribution in [0, 0.1) is 0 Å². The summed E-state index contributed by atoms with van der Waals surface area (Å²) in [5, 5.41) is 3.66. The average molecular weight is 397 g/mol. The zero-order valence-electron chi connectivity index (χ0n) is 15.2. The molecule has 1 heterocycles. The summed E-state index contributed by atoms with van der Waals surface area (Å²) in [4.78, 5) is 27.8. The van der Waals surface area contributed by atoms with Crippen molar-refractivity contribution in [2.45, 2.75) is 18.2 Å². The fourth-order valence-corrected chi connectivity index (χ4v) is 3.70. The number of anilines is 1. The van der Waals surface area contributed by atoms with E-state index in [4.69, 9.17) is 0 Å². The van der Waals surface area contributed by atoms with E-state index in [0.29, 0.717) is 16.8 Å². The van der Waals surface area contributed by atoms with Gasteiger partial charge in [-0.3, -0.25) is 14.6 Å². The molecule has 2 N–H and O–H groups in total. The highest BCUT2D eigenvalue weighted by Crippen LogP contribution is 2.20. The van der Waals surface area contributed by atoms with E-state index in [2.05, 4.69) is 15.0 Å². The summed E-state index contributed by atoms with van der Waals surface area (Å²) in [6, 6.07) is 14.8. The van der Waals surface area contributed by atoms with Gasteiger partial charge >= 0.3 is 0 Å². The largest absolute Gasteiger partial charge is 0.324 e. The van der Waals surface area contributed by atoms with Crippen LogP contribution in [0.3, 0.4) is 0 Å². The van der Waals surface area contributed by atoms with Crippen molar-refractivity contribution in [1.29, 1.82) is 0 Å². The van der Waals surface area contributed by atoms with Crippen molar-refractivity contribution in [3.63, 3.8) is 0 Å². The molecular weight excluding hydrogens is 378 g/mol. The lowest BCUT2D eigenvalue weighted by Crippen LogP contribution is -2.28. The van der Waals surface area contributed by atoms with E-state index >= 15 is 0 Å². The van der Waals surface area contributed by atoms with Crippen LogP contribution in [0.1, 0.15) is 23.7 Å². The zero-order valence-corrected chi connectivity index (χ0v) is 16.0. The van der Waals surface area contributed by atoms with Crippen LogP contribution in [-0.4, -0.2) is 31.6 Å². The van der Waals surface area contributed by atoms with Gasteiger partial charge in [0.25, 0.3) is 0 Å². The quantitative estimate of drug-likeness (QED) is 0.597. The normalized spacial score (nSPS) is 11.3. The molecule has 3 rings (SSSR count). The second kappa shape index (κ2) is 8.28. The summed E-state index contributed by atoms with van der Waals surface area (Å²) in [6.45, 7) is 1.35. The van der Waals surface area contributed by atoms with E-state index in [-0.39, 0.29) is 29.6 Å². The third kappa shape index (κ3) is 4.59. The van der Waals surface area contributed by atoms with Gasteiger partial charge in [-0.2, -0.15) is 0 Å². The predicted molar refractivity (Wildman–Crippen MR) is 107 cm³/mol. The molecule has 144 valence electrons. The number of fused-ring (bicyclic) bond motifs is 1. The van der Waals surface area contributed by atoms with Crippen LogP contribution >= 0.6 is 0 Å². The van der Waals surface area contributed by atoms with E-state index in [0.717, 1.165) is 5.39 Å². The van der Waals surface area contributed by atoms with E-state index in [1.165, 1.54) is 31.2 Å². The Morgan fingerprint density at radius 3 is 2.43 bits per heavy atom. The molecule has 0 aliphatic rings. The first-order chi connectivity index (χ1) is 13.4. The monoisotopic (exact) mass is 397 g/mol. The van der Waals surface area contributed by atoms with E-state index < -0.39 is 10.0 Å². The van der Waals surface area contributed by atoms with Gasteiger partial charge in [0.1, 0.15) is 0 Å². The van der Waals surface area contributed by atoms with Crippen molar-refractivity contribution in [1.82, 2.24) is 9.71 Å². The average Bonchev–Trinajstić information content (AvgIpc) is 2.68. The Kier molecular flexibility index (Phi) is 5.81. The second-order valence-electron chi connectivity index (χ2n) is 6.16. The first-order valence-corrected chi connectivity index (χ1v) is 10.1. The lowest BCUT2D eigenvalue weighted by Gasteiger charge is -2.09. The SMILES string of the molecule is CC(=O)c1ccc(S(=O)(=O)NCCC(=O)Nc2cccc3cccnc23)cc1. The summed E-state index contributed by atoms with van der Waals surface area (Å²) < 4.78 is 27.0. The molecular formula is C20H19N3O4S. The number of pyridine rings is 1. The molecule has 0 spiro atoms. The van der Waals surface area contributed by atoms with Crippen molar-refractivity contribution in [2.75, 3.05) is 11.9 Å². The maximum absolute atomic E-state index is 12.3. The van der Waals surface area contributed by atoms with Gasteiger partial charge in [-0.25, -0.2) is 13.1 Å². The smallest absolute Gasteiger partial charge is 0.240 e. The van der Waals surface area contributed by atoms with Gasteiger partial charge in [0.15, 0.2) is 5.78 Å². The summed E-state index contributed by atoms with van der Waals surface area (Å²) in [7, 11) is -3.76. The molecule has 2 aromatic carbocycles. The minimum absolute atomic E-state index is 0.0337. The molecule has 0 saturated carbocycles. The van der Waals surface area contributed by atoms with Crippen molar-refractivity contribution >= 4 is 38.3 Å². The molecule has 1 aromatic heterocycles. The topological polar surface area (TPSA) is 105 Å². The number of Topliss-reactive ketones (excluding diaryl/α,β-unsaturated/α-hetero) is 1. The highest BCUT2D eigenvalue weighted by molar-refractivity contribution is 7.89. The van der Waals surface area contributed by atoms with E-state index in [1.54, 1.807) is 12.3 Å². The molecule has 3 aromatic rings. The van der Waals surface area contributed by atoms with Crippen LogP contribution in [0.4, 0.5) is 5.69 Å². The molecule has 1 amide bonds. The summed E-state index contributed by atoms with van der Waals surface area (Å²) in [5.41, 5.74) is 1.68. The summed E-state index contributed by atoms with van der Waals surface area (Å²) in [5.74, 6) is -0.468. The minimum Gasteiger partial charge on any atom is -0.324 e. The molecule has 0 aliphatic carbocycles. The molecule has 7 nitrogen and oxygen atoms in total. The number of rotatable bonds is 7. The van der Waals surface area contributed by atoms with E-state index in [9.17, 15) is 18.0 Å². The number of sulfonamides is 1. The fraction of sp³-hybridized carbons (Fsp3) is 0.150. The number of carbonyl (C=O) groups excluding carboxylic acids is 2. The molecule has 0 bridgehead atoms. The lowest BCUT2D eigenvalue weighted by atomic mass is 10.2. The van der Waals surface area contributed by atoms with Crippen LogP contribution in [0.25, 0.3) is 10.9 Å². The maximum Gasteiger partial charge on any atom is 0.240 e. The number of benzene rings is 2. The van der Waals surface area contributed by atoms with Gasteiger partial charge in [0.2, 0.25) is 15.9 Å². The van der Waals surface area contributed by atoms with Gasteiger partial charge in [0, 0.05) is 30.1 Å². The number of ketones is 1. The number of aromatic nitrogens is 1. The molecule has 0 atom stereocenters. The number of amides is 1. The second-order valence-corrected chi connectivity index (χ2v) is 7.92. The maximum atomic E-state index is 12.3. The Morgan fingerprint density at radius 2 is 1.71 bits per heavy atom. The van der Waals surface area contributed by atoms with Crippen molar-refractivity contribution < 1.29 is 18.0 Å². The van der Waals surface area contributed by atoms with Crippen LogP contribution in [0.5, 0.6) is 0 Å². The molecule has 0 unspecified atom stereocenters. The highest BCUT2D eigenvalue weighted by atomic mass is 32.2. The van der Waals surface area contributed by atoms with Gasteiger partial charge in [0.05, 0.1) is 16.1 Å². The first kappa shape index (κ1) is 19.7. The Bertz CT molecular complexity index is 1120.